The van der Waals surface area contributed by atoms with Gasteiger partial charge in [0.15, 0.2) is 0 Å². The van der Waals surface area contributed by atoms with E-state index in [0.29, 0.717) is 23.6 Å². The third kappa shape index (κ3) is 5.08. The standard InChI is InChI=1S/C30H27N3O5/c1-19-9-11-20(12-10-19)18-38-23-15-13-22(14-16-23)33-27(30(35)37-3)26(29(34)36-2)25(24(17-31)28(33)32)21-7-5-4-6-8-21/h4-16,25H,18,32H2,1-3H3. The highest BCUT2D eigenvalue weighted by atomic mass is 16.5. The highest BCUT2D eigenvalue weighted by molar-refractivity contribution is 6.06. The number of carbonyl (C=O) groups is 2. The van der Waals surface area contributed by atoms with E-state index in [0.717, 1.165) is 11.1 Å². The minimum atomic E-state index is -0.920. The fourth-order valence-electron chi connectivity index (χ4n) is 4.32. The zero-order valence-corrected chi connectivity index (χ0v) is 21.3. The van der Waals surface area contributed by atoms with Crippen LogP contribution in [0, 0.1) is 18.3 Å². The van der Waals surface area contributed by atoms with Crippen molar-refractivity contribution in [3.8, 4) is 11.8 Å². The van der Waals surface area contributed by atoms with Crippen LogP contribution in [-0.2, 0) is 25.7 Å². The first-order valence-corrected chi connectivity index (χ1v) is 11.8. The lowest BCUT2D eigenvalue weighted by molar-refractivity contribution is -0.139. The molecular formula is C30H27N3O5. The summed E-state index contributed by atoms with van der Waals surface area (Å²) in [6.45, 7) is 2.40. The van der Waals surface area contributed by atoms with Crippen LogP contribution in [0.25, 0.3) is 0 Å². The second kappa shape index (κ2) is 11.4. The zero-order chi connectivity index (χ0) is 27.2. The monoisotopic (exact) mass is 509 g/mol. The van der Waals surface area contributed by atoms with E-state index in [1.54, 1.807) is 48.5 Å². The third-order valence-corrected chi connectivity index (χ3v) is 6.23. The molecule has 1 aliphatic heterocycles. The number of nitrogens with two attached hydrogens (primary N) is 1. The normalized spacial score (nSPS) is 15.1. The van der Waals surface area contributed by atoms with Crippen LogP contribution in [0.1, 0.15) is 22.6 Å². The molecule has 0 aliphatic carbocycles. The maximum atomic E-state index is 13.1. The maximum absolute atomic E-state index is 13.1. The van der Waals surface area contributed by atoms with Crippen LogP contribution in [0.2, 0.25) is 0 Å². The molecule has 0 radical (unpaired) electrons. The molecule has 0 bridgehead atoms. The predicted octanol–water partition coefficient (Wildman–Crippen LogP) is 4.47. The van der Waals surface area contributed by atoms with Crippen LogP contribution in [-0.4, -0.2) is 26.2 Å². The Hall–Kier alpha value is -5.03. The zero-order valence-electron chi connectivity index (χ0n) is 21.3. The van der Waals surface area contributed by atoms with Crippen molar-refractivity contribution in [2.24, 2.45) is 5.73 Å². The molecule has 0 spiro atoms. The number of methoxy groups -OCH3 is 2. The Bertz CT molecular complexity index is 1440. The molecule has 8 heteroatoms. The SMILES string of the molecule is COC(=O)C1=C(C(=O)OC)N(c2ccc(OCc3ccc(C)cc3)cc2)C(N)=C(C#N)C1c1ccccc1. The number of esters is 2. The molecular weight excluding hydrogens is 482 g/mol. The van der Waals surface area contributed by atoms with E-state index in [1.807, 2.05) is 37.3 Å². The lowest BCUT2D eigenvalue weighted by atomic mass is 9.81. The molecule has 1 atom stereocenters. The summed E-state index contributed by atoms with van der Waals surface area (Å²) in [7, 11) is 2.42. The second-order valence-corrected chi connectivity index (χ2v) is 8.60. The Morgan fingerprint density at radius 1 is 0.921 bits per heavy atom. The van der Waals surface area contributed by atoms with Gasteiger partial charge < -0.3 is 19.9 Å². The Balaban J connectivity index is 1.78. The van der Waals surface area contributed by atoms with Crippen LogP contribution in [0.3, 0.4) is 0 Å². The second-order valence-electron chi connectivity index (χ2n) is 8.60. The molecule has 0 saturated carbocycles. The molecule has 0 amide bonds. The predicted molar refractivity (Wildman–Crippen MR) is 141 cm³/mol. The lowest BCUT2D eigenvalue weighted by Gasteiger charge is -2.35. The number of aryl methyl sites for hydroxylation is 1. The summed E-state index contributed by atoms with van der Waals surface area (Å²) in [6.07, 6.45) is 0. The van der Waals surface area contributed by atoms with Crippen LogP contribution in [0.15, 0.2) is 102 Å². The van der Waals surface area contributed by atoms with Crippen molar-refractivity contribution in [1.29, 1.82) is 5.26 Å². The number of hydrogen-bond donors (Lipinski definition) is 1. The number of allylic oxidation sites excluding steroid dienone is 1. The maximum Gasteiger partial charge on any atom is 0.355 e. The van der Waals surface area contributed by atoms with Crippen molar-refractivity contribution >= 4 is 17.6 Å². The van der Waals surface area contributed by atoms with Gasteiger partial charge in [-0.05, 0) is 42.3 Å². The van der Waals surface area contributed by atoms with E-state index in [9.17, 15) is 14.9 Å². The Kier molecular flexibility index (Phi) is 7.78. The van der Waals surface area contributed by atoms with E-state index >= 15 is 0 Å². The van der Waals surface area contributed by atoms with Crippen molar-refractivity contribution in [3.05, 3.63) is 118 Å². The molecule has 0 fully saturated rings. The number of rotatable bonds is 7. The lowest BCUT2D eigenvalue weighted by Crippen LogP contribution is -2.40. The largest absolute Gasteiger partial charge is 0.489 e. The summed E-state index contributed by atoms with van der Waals surface area (Å²) in [5.41, 5.74) is 9.68. The summed E-state index contributed by atoms with van der Waals surface area (Å²) in [5, 5.41) is 10.1. The number of ether oxygens (including phenoxy) is 3. The van der Waals surface area contributed by atoms with Crippen molar-refractivity contribution in [2.45, 2.75) is 19.4 Å². The van der Waals surface area contributed by atoms with E-state index in [-0.39, 0.29) is 22.7 Å². The van der Waals surface area contributed by atoms with E-state index in [1.165, 1.54) is 19.1 Å². The topological polar surface area (TPSA) is 115 Å². The average Bonchev–Trinajstić information content (AvgIpc) is 2.96. The molecule has 1 heterocycles. The van der Waals surface area contributed by atoms with Gasteiger partial charge in [0, 0.05) is 5.69 Å². The van der Waals surface area contributed by atoms with Gasteiger partial charge in [0.1, 0.15) is 23.9 Å². The summed E-state index contributed by atoms with van der Waals surface area (Å²) in [5.74, 6) is -1.90. The van der Waals surface area contributed by atoms with Crippen molar-refractivity contribution in [3.63, 3.8) is 0 Å². The number of benzene rings is 3. The Labute approximate surface area is 221 Å². The Morgan fingerprint density at radius 2 is 1.55 bits per heavy atom. The van der Waals surface area contributed by atoms with Gasteiger partial charge >= 0.3 is 11.9 Å². The van der Waals surface area contributed by atoms with E-state index < -0.39 is 17.9 Å². The molecule has 3 aromatic rings. The quantitative estimate of drug-likeness (QED) is 0.464. The minimum absolute atomic E-state index is 0.00253. The van der Waals surface area contributed by atoms with Gasteiger partial charge in [-0.1, -0.05) is 60.2 Å². The molecule has 38 heavy (non-hydrogen) atoms. The summed E-state index contributed by atoms with van der Waals surface area (Å²) >= 11 is 0. The number of nitrogens with zero attached hydrogens (tertiary/aromatic N) is 2. The first-order valence-electron chi connectivity index (χ1n) is 11.8. The molecule has 2 N–H and O–H groups in total. The summed E-state index contributed by atoms with van der Waals surface area (Å²) in [6, 6.07) is 25.8. The fraction of sp³-hybridized carbons (Fsp3) is 0.167. The highest BCUT2D eigenvalue weighted by Gasteiger charge is 2.42. The first kappa shape index (κ1) is 26.0. The molecule has 0 saturated heterocycles. The molecule has 8 nitrogen and oxygen atoms in total. The van der Waals surface area contributed by atoms with Gasteiger partial charge in [-0.15, -0.1) is 0 Å². The summed E-state index contributed by atoms with van der Waals surface area (Å²) < 4.78 is 16.0. The molecule has 1 unspecified atom stereocenters. The van der Waals surface area contributed by atoms with E-state index in [2.05, 4.69) is 6.07 Å². The molecule has 192 valence electrons. The van der Waals surface area contributed by atoms with Crippen molar-refractivity contribution < 1.29 is 23.8 Å². The third-order valence-electron chi connectivity index (χ3n) is 6.23. The van der Waals surface area contributed by atoms with Crippen molar-refractivity contribution in [2.75, 3.05) is 19.1 Å². The minimum Gasteiger partial charge on any atom is -0.489 e. The molecule has 0 aromatic heterocycles. The molecule has 3 aromatic carbocycles. The number of anilines is 1. The fourth-order valence-corrected chi connectivity index (χ4v) is 4.32. The number of carbonyl (C=O) groups excluding carboxylic acids is 2. The number of hydrogen-bond acceptors (Lipinski definition) is 8. The van der Waals surface area contributed by atoms with Gasteiger partial charge in [-0.3, -0.25) is 4.90 Å². The van der Waals surface area contributed by atoms with Gasteiger partial charge in [0.2, 0.25) is 0 Å². The van der Waals surface area contributed by atoms with Gasteiger partial charge in [0.05, 0.1) is 37.4 Å². The molecule has 4 rings (SSSR count). The average molecular weight is 510 g/mol. The van der Waals surface area contributed by atoms with Crippen LogP contribution < -0.4 is 15.4 Å². The Morgan fingerprint density at radius 3 is 2.13 bits per heavy atom. The smallest absolute Gasteiger partial charge is 0.355 e. The van der Waals surface area contributed by atoms with E-state index in [4.69, 9.17) is 19.9 Å². The van der Waals surface area contributed by atoms with Crippen molar-refractivity contribution in [1.82, 2.24) is 0 Å². The first-order chi connectivity index (χ1) is 18.4. The summed E-state index contributed by atoms with van der Waals surface area (Å²) in [4.78, 5) is 27.6. The van der Waals surface area contributed by atoms with Gasteiger partial charge in [-0.25, -0.2) is 9.59 Å². The highest BCUT2D eigenvalue weighted by Crippen LogP contribution is 2.43. The van der Waals surface area contributed by atoms with Gasteiger partial charge in [-0.2, -0.15) is 5.26 Å². The molecule has 1 aliphatic rings. The number of nitriles is 1. The van der Waals surface area contributed by atoms with Crippen LogP contribution in [0.5, 0.6) is 5.75 Å². The van der Waals surface area contributed by atoms with Crippen LogP contribution >= 0.6 is 0 Å². The van der Waals surface area contributed by atoms with Gasteiger partial charge in [0.25, 0.3) is 0 Å². The van der Waals surface area contributed by atoms with Crippen LogP contribution in [0.4, 0.5) is 5.69 Å².